The number of amides is 2. The van der Waals surface area contributed by atoms with E-state index < -0.39 is 5.91 Å². The zero-order valence-corrected chi connectivity index (χ0v) is 12.9. The minimum absolute atomic E-state index is 0.108. The van der Waals surface area contributed by atoms with E-state index >= 15 is 0 Å². The first-order valence-electron chi connectivity index (χ1n) is 7.06. The standard InChI is InChI=1S/C16H14ClN3O3/c17-11-4-5-12-13(9-11)20(14-3-1-2-6-18-14)16(23)10-15(22)19(12)7-8-21/h1-6,9,21H,7-8,10H2. The van der Waals surface area contributed by atoms with Crippen molar-refractivity contribution in [2.45, 2.75) is 6.42 Å². The SMILES string of the molecule is O=C1CC(=O)N(c2ccccn2)c2cc(Cl)ccc2N1CCO. The lowest BCUT2D eigenvalue weighted by molar-refractivity contribution is -0.125. The van der Waals surface area contributed by atoms with E-state index in [1.165, 1.54) is 9.80 Å². The fourth-order valence-electron chi connectivity index (χ4n) is 2.56. The normalized spacial score (nSPS) is 14.7. The molecule has 1 aliphatic heterocycles. The van der Waals surface area contributed by atoms with Crippen molar-refractivity contribution in [3.05, 3.63) is 47.6 Å². The van der Waals surface area contributed by atoms with Gasteiger partial charge in [-0.3, -0.25) is 14.5 Å². The number of benzene rings is 1. The Bertz CT molecular complexity index is 751. The molecule has 23 heavy (non-hydrogen) atoms. The highest BCUT2D eigenvalue weighted by Gasteiger charge is 2.32. The summed E-state index contributed by atoms with van der Waals surface area (Å²) in [6.07, 6.45) is 1.27. The van der Waals surface area contributed by atoms with E-state index in [1.54, 1.807) is 42.6 Å². The van der Waals surface area contributed by atoms with Gasteiger partial charge in [0.05, 0.1) is 18.0 Å². The van der Waals surface area contributed by atoms with Crippen LogP contribution in [0.2, 0.25) is 5.02 Å². The molecule has 0 fully saturated rings. The lowest BCUT2D eigenvalue weighted by Crippen LogP contribution is -2.34. The highest BCUT2D eigenvalue weighted by molar-refractivity contribution is 6.31. The Balaban J connectivity index is 2.20. The van der Waals surface area contributed by atoms with Crippen LogP contribution in [0.1, 0.15) is 6.42 Å². The molecular formula is C16H14ClN3O3. The van der Waals surface area contributed by atoms with Crippen LogP contribution in [0.3, 0.4) is 0 Å². The Morgan fingerprint density at radius 1 is 1.13 bits per heavy atom. The molecule has 118 valence electrons. The molecule has 1 aromatic heterocycles. The predicted octanol–water partition coefficient (Wildman–Crippen LogP) is 2.13. The summed E-state index contributed by atoms with van der Waals surface area (Å²) in [5, 5.41) is 9.67. The molecule has 1 aromatic carbocycles. The van der Waals surface area contributed by atoms with Crippen LogP contribution in [-0.4, -0.2) is 35.1 Å². The van der Waals surface area contributed by atoms with Crippen molar-refractivity contribution >= 4 is 40.6 Å². The number of hydrogen-bond acceptors (Lipinski definition) is 4. The van der Waals surface area contributed by atoms with Crippen molar-refractivity contribution < 1.29 is 14.7 Å². The van der Waals surface area contributed by atoms with Gasteiger partial charge in [0.2, 0.25) is 11.8 Å². The zero-order valence-electron chi connectivity index (χ0n) is 12.1. The third-order valence-corrected chi connectivity index (χ3v) is 3.76. The number of rotatable bonds is 3. The maximum Gasteiger partial charge on any atom is 0.242 e. The number of carbonyl (C=O) groups excluding carboxylic acids is 2. The second kappa shape index (κ2) is 6.36. The van der Waals surface area contributed by atoms with E-state index in [0.717, 1.165) is 0 Å². The van der Waals surface area contributed by atoms with Gasteiger partial charge in [-0.2, -0.15) is 0 Å². The molecule has 0 saturated heterocycles. The van der Waals surface area contributed by atoms with E-state index in [0.29, 0.717) is 22.2 Å². The van der Waals surface area contributed by atoms with Gasteiger partial charge in [0, 0.05) is 17.8 Å². The second-order valence-electron chi connectivity index (χ2n) is 5.00. The van der Waals surface area contributed by atoms with E-state index in [2.05, 4.69) is 4.98 Å². The molecule has 1 N–H and O–H groups in total. The molecule has 2 amide bonds. The largest absolute Gasteiger partial charge is 0.395 e. The molecule has 3 rings (SSSR count). The van der Waals surface area contributed by atoms with Crippen molar-refractivity contribution in [2.75, 3.05) is 23.0 Å². The molecule has 0 aliphatic carbocycles. The molecule has 0 bridgehead atoms. The van der Waals surface area contributed by atoms with Crippen molar-refractivity contribution in [1.29, 1.82) is 0 Å². The van der Waals surface area contributed by atoms with Crippen molar-refractivity contribution in [3.8, 4) is 0 Å². The average Bonchev–Trinajstić information content (AvgIpc) is 2.63. The molecule has 0 spiro atoms. The number of anilines is 3. The maximum absolute atomic E-state index is 12.6. The molecule has 0 saturated carbocycles. The Kier molecular flexibility index (Phi) is 4.27. The van der Waals surface area contributed by atoms with Gasteiger partial charge in [-0.1, -0.05) is 17.7 Å². The summed E-state index contributed by atoms with van der Waals surface area (Å²) in [5.41, 5.74) is 0.991. The summed E-state index contributed by atoms with van der Waals surface area (Å²) in [4.78, 5) is 31.9. The lowest BCUT2D eigenvalue weighted by Gasteiger charge is -2.24. The number of halogens is 1. The fraction of sp³-hybridized carbons (Fsp3) is 0.188. The first-order chi connectivity index (χ1) is 11.1. The van der Waals surface area contributed by atoms with Gasteiger partial charge in [-0.25, -0.2) is 4.98 Å². The van der Waals surface area contributed by atoms with E-state index in [9.17, 15) is 14.7 Å². The van der Waals surface area contributed by atoms with E-state index in [1.807, 2.05) is 0 Å². The molecule has 2 heterocycles. The van der Waals surface area contributed by atoms with Gasteiger partial charge in [0.15, 0.2) is 0 Å². The monoisotopic (exact) mass is 331 g/mol. The molecule has 2 aromatic rings. The smallest absolute Gasteiger partial charge is 0.242 e. The van der Waals surface area contributed by atoms with Crippen molar-refractivity contribution in [2.24, 2.45) is 0 Å². The minimum atomic E-state index is -0.391. The van der Waals surface area contributed by atoms with Crippen LogP contribution in [0.15, 0.2) is 42.6 Å². The van der Waals surface area contributed by atoms with Crippen LogP contribution in [0.5, 0.6) is 0 Å². The summed E-state index contributed by atoms with van der Waals surface area (Å²) in [6, 6.07) is 10.1. The average molecular weight is 332 g/mol. The second-order valence-corrected chi connectivity index (χ2v) is 5.43. The van der Waals surface area contributed by atoms with Gasteiger partial charge in [-0.05, 0) is 30.3 Å². The number of pyridine rings is 1. The highest BCUT2D eigenvalue weighted by Crippen LogP contribution is 2.38. The first kappa shape index (κ1) is 15.5. The topological polar surface area (TPSA) is 73.7 Å². The maximum atomic E-state index is 12.6. The Morgan fingerprint density at radius 3 is 2.65 bits per heavy atom. The molecule has 7 heteroatoms. The highest BCUT2D eigenvalue weighted by atomic mass is 35.5. The summed E-state index contributed by atoms with van der Waals surface area (Å²) < 4.78 is 0. The molecule has 0 atom stereocenters. The lowest BCUT2D eigenvalue weighted by atomic mass is 10.2. The van der Waals surface area contributed by atoms with Gasteiger partial charge in [0.1, 0.15) is 12.2 Å². The van der Waals surface area contributed by atoms with E-state index in [-0.39, 0.29) is 25.5 Å². The zero-order chi connectivity index (χ0) is 16.4. The minimum Gasteiger partial charge on any atom is -0.395 e. The van der Waals surface area contributed by atoms with Gasteiger partial charge >= 0.3 is 0 Å². The summed E-state index contributed by atoms with van der Waals surface area (Å²) in [7, 11) is 0. The Labute approximate surface area is 137 Å². The molecule has 0 radical (unpaired) electrons. The molecule has 6 nitrogen and oxygen atoms in total. The fourth-order valence-corrected chi connectivity index (χ4v) is 2.73. The number of nitrogens with zero attached hydrogens (tertiary/aromatic N) is 3. The van der Waals surface area contributed by atoms with Crippen LogP contribution in [-0.2, 0) is 9.59 Å². The van der Waals surface area contributed by atoms with Crippen molar-refractivity contribution in [3.63, 3.8) is 0 Å². The Hall–Kier alpha value is -2.44. The number of hydrogen-bond donors (Lipinski definition) is 1. The third-order valence-electron chi connectivity index (χ3n) is 3.52. The van der Waals surface area contributed by atoms with Crippen LogP contribution < -0.4 is 9.80 Å². The van der Waals surface area contributed by atoms with Crippen LogP contribution in [0.4, 0.5) is 17.2 Å². The number of aliphatic hydroxyl groups is 1. The number of carbonyl (C=O) groups is 2. The third kappa shape index (κ3) is 2.91. The number of fused-ring (bicyclic) bond motifs is 1. The number of aliphatic hydroxyl groups excluding tert-OH is 1. The van der Waals surface area contributed by atoms with Crippen molar-refractivity contribution in [1.82, 2.24) is 4.98 Å². The summed E-state index contributed by atoms with van der Waals surface area (Å²) in [5.74, 6) is -0.344. The van der Waals surface area contributed by atoms with Crippen LogP contribution in [0.25, 0.3) is 0 Å². The first-order valence-corrected chi connectivity index (χ1v) is 7.44. The number of β-amino-alcohol motifs (C(OH)–C–C–N with tert-alkyl or cyclic N) is 1. The number of aromatic nitrogens is 1. The molecular weight excluding hydrogens is 318 g/mol. The van der Waals surface area contributed by atoms with Crippen LogP contribution >= 0.6 is 11.6 Å². The molecule has 0 unspecified atom stereocenters. The van der Waals surface area contributed by atoms with Gasteiger partial charge in [0.25, 0.3) is 0 Å². The van der Waals surface area contributed by atoms with Gasteiger partial charge < -0.3 is 10.0 Å². The van der Waals surface area contributed by atoms with Gasteiger partial charge in [-0.15, -0.1) is 0 Å². The van der Waals surface area contributed by atoms with Crippen LogP contribution in [0, 0.1) is 0 Å². The Morgan fingerprint density at radius 2 is 1.96 bits per heavy atom. The summed E-state index contributed by atoms with van der Waals surface area (Å²) in [6.45, 7) is -0.0949. The predicted molar refractivity (Wildman–Crippen MR) is 86.9 cm³/mol. The quantitative estimate of drug-likeness (QED) is 0.874. The molecule has 1 aliphatic rings. The van der Waals surface area contributed by atoms with E-state index in [4.69, 9.17) is 11.6 Å². The summed E-state index contributed by atoms with van der Waals surface area (Å²) >= 11 is 6.08.